The largest absolute Gasteiger partial charge is 0.193 e. The monoisotopic (exact) mass is 209 g/mol. The molecule has 13 heavy (non-hydrogen) atoms. The molecule has 1 rings (SSSR count). The zero-order valence-corrected chi connectivity index (χ0v) is 8.69. The highest BCUT2D eigenvalue weighted by Gasteiger charge is 2.02. The van der Waals surface area contributed by atoms with Gasteiger partial charge in [0, 0.05) is 16.5 Å². The summed E-state index contributed by atoms with van der Waals surface area (Å²) in [4.78, 5) is 1.08. The average Bonchev–Trinajstić information content (AvgIpc) is 2.18. The Kier molecular flexibility index (Phi) is 3.88. The molecule has 0 aliphatic carbocycles. The second kappa shape index (κ2) is 4.96. The van der Waals surface area contributed by atoms with Gasteiger partial charge >= 0.3 is 0 Å². The summed E-state index contributed by atoms with van der Waals surface area (Å²) in [5.41, 5.74) is 0.915. The van der Waals surface area contributed by atoms with Gasteiger partial charge in [-0.3, -0.25) is 0 Å². The van der Waals surface area contributed by atoms with E-state index in [0.717, 1.165) is 10.5 Å². The first-order chi connectivity index (χ1) is 6.29. The fourth-order valence-corrected chi connectivity index (χ4v) is 1.86. The molecule has 0 bridgehead atoms. The molecule has 0 aliphatic heterocycles. The van der Waals surface area contributed by atoms with Gasteiger partial charge in [-0.15, -0.1) is 11.8 Å². The Balaban J connectivity index is 3.15. The summed E-state index contributed by atoms with van der Waals surface area (Å²) in [6.07, 6.45) is 3.33. The Bertz CT molecular complexity index is 365. The number of nitrogens with zero attached hydrogens (tertiary/aromatic N) is 1. The fraction of sp³-hybridized carbons (Fsp3) is 0.100. The molecule has 0 unspecified atom stereocenters. The topological polar surface area (TPSA) is 23.8 Å². The van der Waals surface area contributed by atoms with Gasteiger partial charge in [0.2, 0.25) is 0 Å². The lowest BCUT2D eigenvalue weighted by atomic mass is 10.2. The van der Waals surface area contributed by atoms with Crippen molar-refractivity contribution < 1.29 is 0 Å². The van der Waals surface area contributed by atoms with Gasteiger partial charge in [-0.25, -0.2) is 0 Å². The number of halogens is 1. The maximum absolute atomic E-state index is 8.44. The standard InChI is InChI=1S/C10H8ClNS/c1-13-10-5-3-2-4-8(10)9(11)6-7-12/h2-6H,1H3. The Morgan fingerprint density at radius 1 is 1.54 bits per heavy atom. The van der Waals surface area contributed by atoms with E-state index >= 15 is 0 Å². The van der Waals surface area contributed by atoms with Gasteiger partial charge in [-0.05, 0) is 12.3 Å². The van der Waals surface area contributed by atoms with Gasteiger partial charge in [0.05, 0.1) is 11.1 Å². The van der Waals surface area contributed by atoms with Crippen molar-refractivity contribution in [2.24, 2.45) is 0 Å². The van der Waals surface area contributed by atoms with E-state index in [0.29, 0.717) is 5.03 Å². The first kappa shape index (κ1) is 10.2. The summed E-state index contributed by atoms with van der Waals surface area (Å²) in [6.45, 7) is 0. The van der Waals surface area contributed by atoms with Crippen LogP contribution < -0.4 is 0 Å². The van der Waals surface area contributed by atoms with Crippen LogP contribution in [0, 0.1) is 11.3 Å². The lowest BCUT2D eigenvalue weighted by Gasteiger charge is -2.03. The molecular weight excluding hydrogens is 202 g/mol. The zero-order chi connectivity index (χ0) is 9.68. The van der Waals surface area contributed by atoms with Crippen molar-refractivity contribution in [3.63, 3.8) is 0 Å². The van der Waals surface area contributed by atoms with Gasteiger partial charge in [-0.1, -0.05) is 29.8 Å². The van der Waals surface area contributed by atoms with Crippen LogP contribution in [-0.4, -0.2) is 6.26 Å². The minimum atomic E-state index is 0.493. The zero-order valence-electron chi connectivity index (χ0n) is 7.12. The number of allylic oxidation sites excluding steroid dienone is 1. The molecule has 0 spiro atoms. The molecule has 0 amide bonds. The minimum absolute atomic E-state index is 0.493. The predicted octanol–water partition coefficient (Wildman–Crippen LogP) is 3.51. The Morgan fingerprint density at radius 3 is 2.85 bits per heavy atom. The van der Waals surface area contributed by atoms with Crippen molar-refractivity contribution >= 4 is 28.4 Å². The van der Waals surface area contributed by atoms with Gasteiger partial charge < -0.3 is 0 Å². The van der Waals surface area contributed by atoms with E-state index in [1.165, 1.54) is 6.08 Å². The first-order valence-electron chi connectivity index (χ1n) is 3.68. The molecule has 1 nitrogen and oxygen atoms in total. The molecule has 0 heterocycles. The second-order valence-corrected chi connectivity index (χ2v) is 3.58. The van der Waals surface area contributed by atoms with Crippen molar-refractivity contribution in [1.29, 1.82) is 5.26 Å². The van der Waals surface area contributed by atoms with E-state index in [9.17, 15) is 0 Å². The summed E-state index contributed by atoms with van der Waals surface area (Å²) in [6, 6.07) is 9.65. The predicted molar refractivity (Wildman–Crippen MR) is 57.7 cm³/mol. The summed E-state index contributed by atoms with van der Waals surface area (Å²) in [5, 5.41) is 8.94. The molecule has 0 N–H and O–H groups in total. The van der Waals surface area contributed by atoms with Crippen LogP contribution in [0.5, 0.6) is 0 Å². The third-order valence-electron chi connectivity index (χ3n) is 1.56. The highest BCUT2D eigenvalue weighted by molar-refractivity contribution is 7.98. The van der Waals surface area contributed by atoms with Crippen molar-refractivity contribution in [3.8, 4) is 6.07 Å². The fourth-order valence-electron chi connectivity index (χ4n) is 0.976. The number of hydrogen-bond donors (Lipinski definition) is 0. The molecule has 0 atom stereocenters. The smallest absolute Gasteiger partial charge is 0.0927 e. The maximum Gasteiger partial charge on any atom is 0.0927 e. The number of nitriles is 1. The number of thioether (sulfide) groups is 1. The van der Waals surface area contributed by atoms with Gasteiger partial charge in [-0.2, -0.15) is 5.26 Å². The summed E-state index contributed by atoms with van der Waals surface area (Å²) in [7, 11) is 0. The van der Waals surface area contributed by atoms with E-state index in [1.54, 1.807) is 11.8 Å². The number of rotatable bonds is 2. The van der Waals surface area contributed by atoms with Crippen LogP contribution in [0.2, 0.25) is 0 Å². The van der Waals surface area contributed by atoms with Crippen molar-refractivity contribution in [3.05, 3.63) is 35.9 Å². The minimum Gasteiger partial charge on any atom is -0.193 e. The van der Waals surface area contributed by atoms with Crippen LogP contribution in [0.25, 0.3) is 5.03 Å². The maximum atomic E-state index is 8.44. The van der Waals surface area contributed by atoms with E-state index in [2.05, 4.69) is 0 Å². The van der Waals surface area contributed by atoms with Gasteiger partial charge in [0.15, 0.2) is 0 Å². The molecule has 3 heteroatoms. The normalized spacial score (nSPS) is 11.0. The van der Waals surface area contributed by atoms with E-state index < -0.39 is 0 Å². The molecule has 0 saturated heterocycles. The van der Waals surface area contributed by atoms with Crippen molar-refractivity contribution in [1.82, 2.24) is 0 Å². The second-order valence-electron chi connectivity index (χ2n) is 2.32. The third kappa shape index (κ3) is 2.51. The molecule has 0 saturated carbocycles. The van der Waals surface area contributed by atoms with Crippen LogP contribution in [0.1, 0.15) is 5.56 Å². The third-order valence-corrected chi connectivity index (χ3v) is 2.66. The van der Waals surface area contributed by atoms with Crippen LogP contribution in [0.3, 0.4) is 0 Å². The molecule has 0 radical (unpaired) electrons. The molecule has 1 aromatic rings. The SMILES string of the molecule is CSc1ccccc1C(Cl)=CC#N. The summed E-state index contributed by atoms with van der Waals surface area (Å²) in [5.74, 6) is 0. The lowest BCUT2D eigenvalue weighted by Crippen LogP contribution is -1.80. The van der Waals surface area contributed by atoms with Gasteiger partial charge in [0.25, 0.3) is 0 Å². The molecule has 0 aliphatic rings. The van der Waals surface area contributed by atoms with Crippen molar-refractivity contribution in [2.75, 3.05) is 6.26 Å². The molecule has 0 aromatic heterocycles. The Labute approximate surface area is 87.0 Å². The lowest BCUT2D eigenvalue weighted by molar-refractivity contribution is 1.42. The van der Waals surface area contributed by atoms with Crippen LogP contribution in [-0.2, 0) is 0 Å². The van der Waals surface area contributed by atoms with Crippen LogP contribution >= 0.6 is 23.4 Å². The van der Waals surface area contributed by atoms with E-state index in [-0.39, 0.29) is 0 Å². The van der Waals surface area contributed by atoms with Gasteiger partial charge in [0.1, 0.15) is 0 Å². The molecular formula is C10H8ClNS. The number of benzene rings is 1. The summed E-state index contributed by atoms with van der Waals surface area (Å²) < 4.78 is 0. The highest BCUT2D eigenvalue weighted by Crippen LogP contribution is 2.28. The molecule has 0 fully saturated rings. The van der Waals surface area contributed by atoms with Crippen molar-refractivity contribution in [2.45, 2.75) is 4.90 Å². The Morgan fingerprint density at radius 2 is 2.23 bits per heavy atom. The van der Waals surface area contributed by atoms with E-state index in [4.69, 9.17) is 16.9 Å². The highest BCUT2D eigenvalue weighted by atomic mass is 35.5. The quantitative estimate of drug-likeness (QED) is 0.550. The average molecular weight is 210 g/mol. The Hall–Kier alpha value is -0.910. The van der Waals surface area contributed by atoms with E-state index in [1.807, 2.05) is 36.6 Å². The molecule has 66 valence electrons. The van der Waals surface area contributed by atoms with Crippen LogP contribution in [0.4, 0.5) is 0 Å². The molecule has 1 aromatic carbocycles. The number of hydrogen-bond acceptors (Lipinski definition) is 2. The van der Waals surface area contributed by atoms with Crippen LogP contribution in [0.15, 0.2) is 35.2 Å². The first-order valence-corrected chi connectivity index (χ1v) is 5.28. The summed E-state index contributed by atoms with van der Waals surface area (Å²) >= 11 is 7.53.